The number of hydrogen-bond acceptors (Lipinski definition) is 1. The van der Waals surface area contributed by atoms with Gasteiger partial charge in [-0.05, 0) is 42.7 Å². The first-order chi connectivity index (χ1) is 10.1. The Bertz CT molecular complexity index is 759. The lowest BCUT2D eigenvalue weighted by atomic mass is 10.0. The van der Waals surface area contributed by atoms with Crippen LogP contribution in [0.2, 0.25) is 5.02 Å². The van der Waals surface area contributed by atoms with E-state index >= 15 is 0 Å². The number of fused-ring (bicyclic) bond motifs is 1. The fourth-order valence-electron chi connectivity index (χ4n) is 2.76. The molecular weight excluding hydrogens is 280 g/mol. The van der Waals surface area contributed by atoms with Crippen LogP contribution in [0.4, 0.5) is 0 Å². The van der Waals surface area contributed by atoms with Gasteiger partial charge in [-0.1, -0.05) is 41.9 Å². The summed E-state index contributed by atoms with van der Waals surface area (Å²) >= 11 is 6.26. The highest BCUT2D eigenvalue weighted by atomic mass is 35.5. The fourth-order valence-corrected chi connectivity index (χ4v) is 2.96. The maximum absolute atomic E-state index is 6.26. The molecule has 108 valence electrons. The average Bonchev–Trinajstić information content (AvgIpc) is 2.85. The molecule has 21 heavy (non-hydrogen) atoms. The lowest BCUT2D eigenvalue weighted by molar-refractivity contribution is 0.741. The van der Waals surface area contributed by atoms with Gasteiger partial charge in [0.15, 0.2) is 0 Å². The number of nitrogens with two attached hydrogens (primary N) is 1. The van der Waals surface area contributed by atoms with E-state index in [4.69, 9.17) is 17.3 Å². The minimum atomic E-state index is 0.169. The van der Waals surface area contributed by atoms with Crippen LogP contribution in [0.5, 0.6) is 0 Å². The first-order valence-corrected chi connectivity index (χ1v) is 7.58. The highest BCUT2D eigenvalue weighted by Crippen LogP contribution is 2.24. The summed E-state index contributed by atoms with van der Waals surface area (Å²) < 4.78 is 2.24. The summed E-state index contributed by atoms with van der Waals surface area (Å²) in [4.78, 5) is 0. The van der Waals surface area contributed by atoms with Crippen molar-refractivity contribution in [2.75, 3.05) is 0 Å². The van der Waals surface area contributed by atoms with Gasteiger partial charge in [-0.15, -0.1) is 0 Å². The largest absolute Gasteiger partial charge is 0.343 e. The van der Waals surface area contributed by atoms with Crippen LogP contribution in [-0.4, -0.2) is 10.6 Å². The average molecular weight is 299 g/mol. The predicted molar refractivity (Wildman–Crippen MR) is 89.8 cm³/mol. The Balaban J connectivity index is 1.99. The second-order valence-corrected chi connectivity index (χ2v) is 5.97. The number of hydrogen-bond donors (Lipinski definition) is 1. The van der Waals surface area contributed by atoms with Crippen LogP contribution >= 0.6 is 11.6 Å². The summed E-state index contributed by atoms with van der Waals surface area (Å²) in [6.45, 7) is 2.82. The van der Waals surface area contributed by atoms with Crippen molar-refractivity contribution in [1.29, 1.82) is 0 Å². The quantitative estimate of drug-likeness (QED) is 0.767. The van der Waals surface area contributed by atoms with E-state index in [1.807, 2.05) is 25.1 Å². The third kappa shape index (κ3) is 2.97. The molecule has 3 heteroatoms. The van der Waals surface area contributed by atoms with Crippen LogP contribution in [0, 0.1) is 0 Å². The van der Waals surface area contributed by atoms with E-state index < -0.39 is 0 Å². The van der Waals surface area contributed by atoms with E-state index in [0.29, 0.717) is 0 Å². The monoisotopic (exact) mass is 298 g/mol. The molecule has 3 aromatic rings. The zero-order valence-corrected chi connectivity index (χ0v) is 12.8. The van der Waals surface area contributed by atoms with Crippen molar-refractivity contribution < 1.29 is 0 Å². The minimum absolute atomic E-state index is 0.169. The van der Waals surface area contributed by atoms with Gasteiger partial charge in [0.25, 0.3) is 0 Å². The Hall–Kier alpha value is -1.77. The molecule has 0 fully saturated rings. The first kappa shape index (κ1) is 14.2. The molecular formula is C18H19ClN2. The molecule has 0 spiro atoms. The highest BCUT2D eigenvalue weighted by Gasteiger charge is 2.08. The minimum Gasteiger partial charge on any atom is -0.343 e. The van der Waals surface area contributed by atoms with Gasteiger partial charge < -0.3 is 10.3 Å². The lowest BCUT2D eigenvalue weighted by Crippen LogP contribution is -2.17. The normalized spacial score (nSPS) is 12.7. The van der Waals surface area contributed by atoms with Crippen LogP contribution < -0.4 is 5.73 Å². The summed E-state index contributed by atoms with van der Waals surface area (Å²) in [5, 5.41) is 2.09. The third-order valence-corrected chi connectivity index (χ3v) is 4.11. The van der Waals surface area contributed by atoms with Crippen molar-refractivity contribution >= 4 is 22.5 Å². The van der Waals surface area contributed by atoms with Gasteiger partial charge >= 0.3 is 0 Å². The molecule has 0 bridgehead atoms. The summed E-state index contributed by atoms with van der Waals surface area (Å²) in [7, 11) is 0. The standard InChI is InChI=1S/C18H19ClN2/c1-13(20)11-14-6-4-8-18-16(14)9-10-21(18)12-15-5-2-3-7-17(15)19/h2-10,13H,11-12,20H2,1H3. The van der Waals surface area contributed by atoms with Crippen molar-refractivity contribution in [2.45, 2.75) is 25.9 Å². The zero-order valence-electron chi connectivity index (χ0n) is 12.1. The molecule has 0 aliphatic rings. The molecule has 1 atom stereocenters. The molecule has 0 radical (unpaired) electrons. The third-order valence-electron chi connectivity index (χ3n) is 3.74. The Morgan fingerprint density at radius 3 is 2.57 bits per heavy atom. The van der Waals surface area contributed by atoms with Gasteiger partial charge in [-0.3, -0.25) is 0 Å². The second kappa shape index (κ2) is 5.92. The smallest absolute Gasteiger partial charge is 0.0490 e. The molecule has 0 aliphatic carbocycles. The van der Waals surface area contributed by atoms with E-state index in [9.17, 15) is 0 Å². The number of halogens is 1. The summed E-state index contributed by atoms with van der Waals surface area (Å²) in [5.74, 6) is 0. The van der Waals surface area contributed by atoms with Crippen molar-refractivity contribution in [2.24, 2.45) is 5.73 Å². The Labute approximate surface area is 130 Å². The van der Waals surface area contributed by atoms with Crippen LogP contribution in [0.3, 0.4) is 0 Å². The molecule has 0 saturated heterocycles. The summed E-state index contributed by atoms with van der Waals surface area (Å²) in [5.41, 5.74) is 9.61. The molecule has 2 nitrogen and oxygen atoms in total. The lowest BCUT2D eigenvalue weighted by Gasteiger charge is -2.10. The fraction of sp³-hybridized carbons (Fsp3) is 0.222. The molecule has 1 unspecified atom stereocenters. The SMILES string of the molecule is CC(N)Cc1cccc2c1ccn2Cc1ccccc1Cl. The molecule has 1 aromatic heterocycles. The number of benzene rings is 2. The molecule has 2 N–H and O–H groups in total. The molecule has 0 saturated carbocycles. The van der Waals surface area contributed by atoms with Crippen molar-refractivity contribution in [1.82, 2.24) is 4.57 Å². The van der Waals surface area contributed by atoms with Crippen molar-refractivity contribution in [3.05, 3.63) is 70.9 Å². The number of rotatable bonds is 4. The van der Waals surface area contributed by atoms with Gasteiger partial charge in [0.2, 0.25) is 0 Å². The highest BCUT2D eigenvalue weighted by molar-refractivity contribution is 6.31. The molecule has 0 amide bonds. The van der Waals surface area contributed by atoms with Gasteiger partial charge in [0.1, 0.15) is 0 Å². The van der Waals surface area contributed by atoms with Crippen LogP contribution in [0.1, 0.15) is 18.1 Å². The molecule has 2 aromatic carbocycles. The van der Waals surface area contributed by atoms with Gasteiger partial charge in [-0.2, -0.15) is 0 Å². The van der Waals surface area contributed by atoms with E-state index in [1.165, 1.54) is 16.5 Å². The Kier molecular flexibility index (Phi) is 4.00. The molecule has 0 aliphatic heterocycles. The van der Waals surface area contributed by atoms with Crippen molar-refractivity contribution in [3.63, 3.8) is 0 Å². The number of nitrogens with zero attached hydrogens (tertiary/aromatic N) is 1. The topological polar surface area (TPSA) is 30.9 Å². The summed E-state index contributed by atoms with van der Waals surface area (Å²) in [6.07, 6.45) is 3.02. The second-order valence-electron chi connectivity index (χ2n) is 5.57. The maximum Gasteiger partial charge on any atom is 0.0490 e. The molecule has 3 rings (SSSR count). The molecule has 1 heterocycles. The van der Waals surface area contributed by atoms with Crippen LogP contribution in [0.15, 0.2) is 54.7 Å². The first-order valence-electron chi connectivity index (χ1n) is 7.21. The van der Waals surface area contributed by atoms with Crippen LogP contribution in [-0.2, 0) is 13.0 Å². The Morgan fingerprint density at radius 2 is 1.81 bits per heavy atom. The van der Waals surface area contributed by atoms with Gasteiger partial charge in [0, 0.05) is 34.7 Å². The van der Waals surface area contributed by atoms with E-state index in [-0.39, 0.29) is 6.04 Å². The van der Waals surface area contributed by atoms with Crippen LogP contribution in [0.25, 0.3) is 10.9 Å². The number of aromatic nitrogens is 1. The van der Waals surface area contributed by atoms with E-state index in [0.717, 1.165) is 23.6 Å². The van der Waals surface area contributed by atoms with E-state index in [2.05, 4.69) is 41.1 Å². The zero-order chi connectivity index (χ0) is 14.8. The van der Waals surface area contributed by atoms with Crippen molar-refractivity contribution in [3.8, 4) is 0 Å². The maximum atomic E-state index is 6.26. The van der Waals surface area contributed by atoms with E-state index in [1.54, 1.807) is 0 Å². The van der Waals surface area contributed by atoms with Gasteiger partial charge in [-0.25, -0.2) is 0 Å². The predicted octanol–water partition coefficient (Wildman–Crippen LogP) is 4.23. The summed E-state index contributed by atoms with van der Waals surface area (Å²) in [6, 6.07) is 16.7. The Morgan fingerprint density at radius 1 is 1.05 bits per heavy atom. The van der Waals surface area contributed by atoms with Gasteiger partial charge in [0.05, 0.1) is 0 Å².